The van der Waals surface area contributed by atoms with Crippen molar-refractivity contribution < 1.29 is 5.21 Å². The molecule has 1 aliphatic heterocycles. The van der Waals surface area contributed by atoms with Gasteiger partial charge in [0.05, 0.1) is 11.8 Å². The van der Waals surface area contributed by atoms with Crippen LogP contribution in [0.4, 0.5) is 0 Å². The molecular formula is C12H18N2O. The molecule has 1 atom stereocenters. The average molecular weight is 206 g/mol. The fourth-order valence-corrected chi connectivity index (χ4v) is 2.63. The summed E-state index contributed by atoms with van der Waals surface area (Å²) in [5.41, 5.74) is -0.260. The van der Waals surface area contributed by atoms with Crippen molar-refractivity contribution in [1.82, 2.24) is 5.32 Å². The number of nitrogens with one attached hydrogen (secondary N) is 1. The molecule has 2 N–H and O–H groups in total. The maximum atomic E-state index is 8.79. The van der Waals surface area contributed by atoms with Crippen molar-refractivity contribution in [3.63, 3.8) is 0 Å². The summed E-state index contributed by atoms with van der Waals surface area (Å²) in [6, 6.07) is 0. The Morgan fingerprint density at radius 1 is 1.27 bits per heavy atom. The molecule has 3 heteroatoms. The first-order chi connectivity index (χ1) is 7.37. The zero-order valence-electron chi connectivity index (χ0n) is 8.89. The topological polar surface area (TPSA) is 44.6 Å². The molecule has 2 aliphatic rings. The van der Waals surface area contributed by atoms with Crippen molar-refractivity contribution in [2.24, 2.45) is 11.1 Å². The Balaban J connectivity index is 2.17. The molecule has 3 nitrogen and oxygen atoms in total. The van der Waals surface area contributed by atoms with Crippen molar-refractivity contribution in [3.05, 3.63) is 24.4 Å². The van der Waals surface area contributed by atoms with Crippen LogP contribution in [0.1, 0.15) is 32.1 Å². The third-order valence-corrected chi connectivity index (χ3v) is 3.46. The smallest absolute Gasteiger partial charge is 0.0972 e. The molecule has 82 valence electrons. The molecule has 0 radical (unpaired) electrons. The van der Waals surface area contributed by atoms with E-state index in [0.717, 1.165) is 0 Å². The molecule has 1 saturated carbocycles. The summed E-state index contributed by atoms with van der Waals surface area (Å²) in [7, 11) is 0. The van der Waals surface area contributed by atoms with E-state index in [1.54, 1.807) is 6.21 Å². The van der Waals surface area contributed by atoms with Crippen LogP contribution in [-0.4, -0.2) is 17.0 Å². The highest BCUT2D eigenvalue weighted by molar-refractivity contribution is 5.74. The van der Waals surface area contributed by atoms with E-state index in [2.05, 4.69) is 16.5 Å². The lowest BCUT2D eigenvalue weighted by molar-refractivity contribution is 0.267. The number of hydrogen-bond acceptors (Lipinski definition) is 3. The maximum absolute atomic E-state index is 8.79. The zero-order valence-corrected chi connectivity index (χ0v) is 8.89. The molecule has 0 bridgehead atoms. The van der Waals surface area contributed by atoms with Crippen LogP contribution < -0.4 is 5.32 Å². The Bertz CT molecular complexity index is 290. The Morgan fingerprint density at radius 2 is 2.07 bits per heavy atom. The molecule has 0 spiro atoms. The molecule has 0 amide bonds. The lowest BCUT2D eigenvalue weighted by atomic mass is 9.74. The van der Waals surface area contributed by atoms with Crippen molar-refractivity contribution in [2.75, 3.05) is 0 Å². The lowest BCUT2D eigenvalue weighted by Crippen LogP contribution is -2.50. The van der Waals surface area contributed by atoms with Crippen LogP contribution in [-0.2, 0) is 0 Å². The Kier molecular flexibility index (Phi) is 3.09. The van der Waals surface area contributed by atoms with Gasteiger partial charge in [-0.05, 0) is 31.0 Å². The van der Waals surface area contributed by atoms with E-state index in [1.165, 1.54) is 32.1 Å². The Morgan fingerprint density at radius 3 is 2.67 bits per heavy atom. The summed E-state index contributed by atoms with van der Waals surface area (Å²) in [5.74, 6) is 0.545. The van der Waals surface area contributed by atoms with Gasteiger partial charge in [-0.3, -0.25) is 0 Å². The molecule has 0 aromatic rings. The second-order valence-electron chi connectivity index (χ2n) is 4.38. The summed E-state index contributed by atoms with van der Waals surface area (Å²) in [4.78, 5) is 0. The molecule has 1 heterocycles. The van der Waals surface area contributed by atoms with Gasteiger partial charge in [0.15, 0.2) is 0 Å². The Hall–Kier alpha value is -1.25. The number of rotatable bonds is 2. The van der Waals surface area contributed by atoms with Crippen LogP contribution in [0.25, 0.3) is 0 Å². The zero-order chi connectivity index (χ0) is 10.6. The minimum atomic E-state index is -0.260. The summed E-state index contributed by atoms with van der Waals surface area (Å²) in [6.07, 6.45) is 16.0. The largest absolute Gasteiger partial charge is 0.411 e. The van der Waals surface area contributed by atoms with Crippen LogP contribution in [0.15, 0.2) is 29.6 Å². The van der Waals surface area contributed by atoms with E-state index in [1.807, 2.05) is 18.4 Å². The standard InChI is InChI=1S/C12H18N2O/c15-14-10-12(8-4-5-9-13-12)11-6-2-1-3-7-11/h4-5,8-11,13,15H,1-3,6-7H2/b14-10-. The highest BCUT2D eigenvalue weighted by Gasteiger charge is 2.35. The molecule has 1 unspecified atom stereocenters. The van der Waals surface area contributed by atoms with E-state index in [-0.39, 0.29) is 5.54 Å². The first-order valence-corrected chi connectivity index (χ1v) is 5.68. The van der Waals surface area contributed by atoms with E-state index in [4.69, 9.17) is 5.21 Å². The molecule has 1 aliphatic carbocycles. The molecule has 1 fully saturated rings. The summed E-state index contributed by atoms with van der Waals surface area (Å²) < 4.78 is 0. The van der Waals surface area contributed by atoms with Crippen molar-refractivity contribution in [3.8, 4) is 0 Å². The highest BCUT2D eigenvalue weighted by atomic mass is 16.4. The van der Waals surface area contributed by atoms with E-state index >= 15 is 0 Å². The van der Waals surface area contributed by atoms with Gasteiger partial charge < -0.3 is 10.5 Å². The second-order valence-corrected chi connectivity index (χ2v) is 4.38. The molecule has 0 aromatic carbocycles. The van der Waals surface area contributed by atoms with Gasteiger partial charge in [0, 0.05) is 0 Å². The molecule has 2 rings (SSSR count). The van der Waals surface area contributed by atoms with Crippen LogP contribution in [0.3, 0.4) is 0 Å². The number of allylic oxidation sites excluding steroid dienone is 2. The fraction of sp³-hybridized carbons (Fsp3) is 0.583. The minimum Gasteiger partial charge on any atom is -0.411 e. The van der Waals surface area contributed by atoms with Gasteiger partial charge in [-0.15, -0.1) is 0 Å². The quantitative estimate of drug-likeness (QED) is 0.414. The number of nitrogens with zero attached hydrogens (tertiary/aromatic N) is 1. The van der Waals surface area contributed by atoms with Gasteiger partial charge in [-0.1, -0.05) is 36.6 Å². The highest BCUT2D eigenvalue weighted by Crippen LogP contribution is 2.33. The van der Waals surface area contributed by atoms with Gasteiger partial charge in [0.2, 0.25) is 0 Å². The van der Waals surface area contributed by atoms with Crippen LogP contribution in [0, 0.1) is 5.92 Å². The van der Waals surface area contributed by atoms with Gasteiger partial charge >= 0.3 is 0 Å². The third-order valence-electron chi connectivity index (χ3n) is 3.46. The van der Waals surface area contributed by atoms with E-state index in [0.29, 0.717) is 5.92 Å². The van der Waals surface area contributed by atoms with Crippen molar-refractivity contribution in [1.29, 1.82) is 0 Å². The van der Waals surface area contributed by atoms with Gasteiger partial charge in [-0.2, -0.15) is 0 Å². The predicted octanol–water partition coefficient (Wildman–Crippen LogP) is 2.44. The maximum Gasteiger partial charge on any atom is 0.0972 e. The fourth-order valence-electron chi connectivity index (χ4n) is 2.63. The first-order valence-electron chi connectivity index (χ1n) is 5.68. The predicted molar refractivity (Wildman–Crippen MR) is 61.0 cm³/mol. The molecule has 0 saturated heterocycles. The SMILES string of the molecule is O/N=C\C1(C2CCCCC2)C=CC=CN1. The normalized spacial score (nSPS) is 32.0. The Labute approximate surface area is 90.6 Å². The number of dihydropyridines is 1. The first kappa shape index (κ1) is 10.3. The monoisotopic (exact) mass is 206 g/mol. The summed E-state index contributed by atoms with van der Waals surface area (Å²) in [6.45, 7) is 0. The van der Waals surface area contributed by atoms with E-state index < -0.39 is 0 Å². The number of oxime groups is 1. The molecule has 15 heavy (non-hydrogen) atoms. The molecule has 0 aromatic heterocycles. The van der Waals surface area contributed by atoms with Crippen LogP contribution in [0.2, 0.25) is 0 Å². The summed E-state index contributed by atoms with van der Waals surface area (Å²) >= 11 is 0. The van der Waals surface area contributed by atoms with E-state index in [9.17, 15) is 0 Å². The van der Waals surface area contributed by atoms with Gasteiger partial charge in [-0.25, -0.2) is 0 Å². The van der Waals surface area contributed by atoms with Crippen molar-refractivity contribution >= 4 is 6.21 Å². The average Bonchev–Trinajstić information content (AvgIpc) is 2.32. The summed E-state index contributed by atoms with van der Waals surface area (Å²) in [5, 5.41) is 15.3. The van der Waals surface area contributed by atoms with Gasteiger partial charge in [0.1, 0.15) is 0 Å². The molecular weight excluding hydrogens is 188 g/mol. The number of hydrogen-bond donors (Lipinski definition) is 2. The van der Waals surface area contributed by atoms with Crippen molar-refractivity contribution in [2.45, 2.75) is 37.6 Å². The van der Waals surface area contributed by atoms with Gasteiger partial charge in [0.25, 0.3) is 0 Å². The minimum absolute atomic E-state index is 0.260. The second kappa shape index (κ2) is 4.51. The van der Waals surface area contributed by atoms with Crippen LogP contribution >= 0.6 is 0 Å². The third kappa shape index (κ3) is 2.06. The van der Waals surface area contributed by atoms with Crippen LogP contribution in [0.5, 0.6) is 0 Å². The lowest BCUT2D eigenvalue weighted by Gasteiger charge is -2.38.